The summed E-state index contributed by atoms with van der Waals surface area (Å²) >= 11 is 2.22. The minimum atomic E-state index is -2.65. The molecule has 2 aromatic carbocycles. The molecule has 0 saturated carbocycles. The van der Waals surface area contributed by atoms with Crippen LogP contribution in [-0.4, -0.2) is 68.5 Å². The molecule has 0 fully saturated rings. The number of likely N-dealkylation sites (N-methyl/N-ethyl adjacent to an activating group) is 1. The van der Waals surface area contributed by atoms with Crippen molar-refractivity contribution in [2.45, 2.75) is 24.5 Å². The molecule has 2 aromatic rings. The minimum absolute atomic E-state index is 0.0134. The van der Waals surface area contributed by atoms with Crippen molar-refractivity contribution in [2.75, 3.05) is 14.1 Å². The van der Waals surface area contributed by atoms with Crippen molar-refractivity contribution in [1.82, 2.24) is 4.90 Å². The zero-order valence-electron chi connectivity index (χ0n) is 21.2. The Labute approximate surface area is 238 Å². The van der Waals surface area contributed by atoms with Crippen LogP contribution in [0.4, 0.5) is 0 Å². The van der Waals surface area contributed by atoms with Gasteiger partial charge in [-0.25, -0.2) is 0 Å². The van der Waals surface area contributed by atoms with Crippen molar-refractivity contribution in [2.24, 2.45) is 17.6 Å². The number of primary amides is 1. The molecule has 0 radical (unpaired) electrons. The number of carbonyl (C=O) groups is 3. The Bertz CT molecular complexity index is 1520. The van der Waals surface area contributed by atoms with Crippen molar-refractivity contribution in [3.63, 3.8) is 0 Å². The Morgan fingerprint density at radius 2 is 1.74 bits per heavy atom. The Balaban J connectivity index is 1.65. The highest BCUT2D eigenvalue weighted by atomic mass is 127. The number of hydrogen-bond donors (Lipinski definition) is 5. The van der Waals surface area contributed by atoms with Crippen molar-refractivity contribution in [3.05, 3.63) is 84.9 Å². The van der Waals surface area contributed by atoms with E-state index in [4.69, 9.17) is 5.73 Å². The molecule has 3 aliphatic rings. The molecule has 0 heterocycles. The van der Waals surface area contributed by atoms with E-state index in [1.807, 2.05) is 36.4 Å². The number of halogens is 1. The van der Waals surface area contributed by atoms with Crippen molar-refractivity contribution >= 4 is 52.2 Å². The highest BCUT2D eigenvalue weighted by Gasteiger charge is 2.63. The third-order valence-electron chi connectivity index (χ3n) is 7.97. The van der Waals surface area contributed by atoms with Gasteiger partial charge in [0.05, 0.1) is 11.6 Å². The lowest BCUT2D eigenvalue weighted by atomic mass is 9.58. The van der Waals surface area contributed by atoms with E-state index in [-0.39, 0.29) is 29.7 Å². The number of Topliss-reactive ketones (excluding diaryl/α,β-unsaturated/α-hetero) is 2. The van der Waals surface area contributed by atoms with Gasteiger partial charge in [-0.1, -0.05) is 30.4 Å². The van der Waals surface area contributed by atoms with E-state index in [1.54, 1.807) is 20.2 Å². The summed E-state index contributed by atoms with van der Waals surface area (Å²) in [6.45, 7) is 0. The first-order valence-electron chi connectivity index (χ1n) is 12.3. The smallest absolute Gasteiger partial charge is 0.255 e. The lowest BCUT2D eigenvalue weighted by Crippen LogP contribution is -2.63. The fourth-order valence-corrected chi connectivity index (χ4v) is 6.55. The number of nitrogens with zero attached hydrogens (tertiary/aromatic N) is 1. The fourth-order valence-electron chi connectivity index (χ4n) is 6.19. The van der Waals surface area contributed by atoms with Crippen LogP contribution in [0.3, 0.4) is 0 Å². The van der Waals surface area contributed by atoms with Gasteiger partial charge in [-0.15, -0.1) is 0 Å². The number of benzene rings is 2. The zero-order valence-corrected chi connectivity index (χ0v) is 23.3. The summed E-state index contributed by atoms with van der Waals surface area (Å²) in [4.78, 5) is 40.7. The van der Waals surface area contributed by atoms with Crippen LogP contribution < -0.4 is 5.73 Å². The average molecular weight is 642 g/mol. The third-order valence-corrected chi connectivity index (χ3v) is 8.69. The molecule has 3 aliphatic carbocycles. The lowest BCUT2D eigenvalue weighted by molar-refractivity contribution is -0.148. The Kier molecular flexibility index (Phi) is 6.68. The number of allylic oxidation sites excluding steroid dienone is 1. The molecule has 0 aliphatic heterocycles. The number of rotatable bonds is 4. The first-order chi connectivity index (χ1) is 18.4. The molecule has 0 spiro atoms. The molecule has 39 heavy (non-hydrogen) atoms. The van der Waals surface area contributed by atoms with Crippen LogP contribution >= 0.6 is 22.6 Å². The number of ketones is 2. The predicted octanol–water partition coefficient (Wildman–Crippen LogP) is 2.90. The molecule has 0 bridgehead atoms. The molecule has 6 N–H and O–H groups in total. The number of aromatic hydroxyl groups is 1. The maximum Gasteiger partial charge on any atom is 0.255 e. The highest BCUT2D eigenvalue weighted by molar-refractivity contribution is 14.1. The number of hydrogen-bond acceptors (Lipinski definition) is 8. The normalized spacial score (nSPS) is 26.6. The molecular weight excluding hydrogens is 615 g/mol. The van der Waals surface area contributed by atoms with Crippen LogP contribution in [0.15, 0.2) is 59.1 Å². The van der Waals surface area contributed by atoms with Crippen molar-refractivity contribution in [1.29, 1.82) is 0 Å². The van der Waals surface area contributed by atoms with Gasteiger partial charge in [-0.3, -0.25) is 19.3 Å². The van der Waals surface area contributed by atoms with Gasteiger partial charge in [0, 0.05) is 15.1 Å². The van der Waals surface area contributed by atoms with E-state index >= 15 is 0 Å². The molecule has 202 valence electrons. The minimum Gasteiger partial charge on any atom is -0.510 e. The van der Waals surface area contributed by atoms with Crippen LogP contribution in [0, 0.1) is 15.4 Å². The van der Waals surface area contributed by atoms with E-state index in [9.17, 15) is 34.8 Å². The number of aliphatic hydroxyl groups is 3. The zero-order chi connectivity index (χ0) is 28.4. The number of fused-ring (bicyclic) bond motifs is 3. The van der Waals surface area contributed by atoms with Crippen molar-refractivity contribution < 1.29 is 34.8 Å². The van der Waals surface area contributed by atoms with E-state index in [0.29, 0.717) is 11.1 Å². The van der Waals surface area contributed by atoms with Crippen LogP contribution in [0.5, 0.6) is 5.75 Å². The van der Waals surface area contributed by atoms with E-state index in [2.05, 4.69) is 22.6 Å². The third kappa shape index (κ3) is 4.09. The second-order valence-corrected chi connectivity index (χ2v) is 11.6. The SMILES string of the molecule is CN(C)[C@@H]1C(O)=C(C(N)=O)C(=O)[C@@]2(O)C(O)=C3C(=O)c4c(O)ccc(/C=C/c5ccc(I)cc5)c4C[C@H]3C[C@@H]12. The van der Waals surface area contributed by atoms with Crippen LogP contribution in [0.1, 0.15) is 33.5 Å². The average Bonchev–Trinajstić information content (AvgIpc) is 2.86. The monoisotopic (exact) mass is 642 g/mol. The molecular formula is C29H27IN2O7. The van der Waals surface area contributed by atoms with Crippen molar-refractivity contribution in [3.8, 4) is 5.75 Å². The van der Waals surface area contributed by atoms with Crippen LogP contribution in [0.2, 0.25) is 0 Å². The second-order valence-electron chi connectivity index (χ2n) is 10.4. The number of phenols is 1. The summed E-state index contributed by atoms with van der Waals surface area (Å²) in [5.41, 5.74) is 3.93. The molecule has 10 heteroatoms. The predicted molar refractivity (Wildman–Crippen MR) is 152 cm³/mol. The maximum atomic E-state index is 13.8. The maximum absolute atomic E-state index is 13.8. The number of amides is 1. The quantitative estimate of drug-likeness (QED) is 0.193. The molecule has 0 unspecified atom stereocenters. The molecule has 0 saturated heterocycles. The molecule has 1 amide bonds. The van der Waals surface area contributed by atoms with Crippen LogP contribution in [-0.2, 0) is 16.0 Å². The van der Waals surface area contributed by atoms with Gasteiger partial charge >= 0.3 is 0 Å². The Morgan fingerprint density at radius 1 is 1.08 bits per heavy atom. The summed E-state index contributed by atoms with van der Waals surface area (Å²) in [7, 11) is 3.19. The van der Waals surface area contributed by atoms with Gasteiger partial charge in [-0.2, -0.15) is 0 Å². The van der Waals surface area contributed by atoms with Gasteiger partial charge in [0.25, 0.3) is 5.91 Å². The van der Waals surface area contributed by atoms with E-state index < -0.39 is 58.0 Å². The summed E-state index contributed by atoms with van der Waals surface area (Å²) in [6, 6.07) is 9.93. The Hall–Kier alpha value is -3.48. The van der Waals surface area contributed by atoms with Crippen LogP contribution in [0.25, 0.3) is 12.2 Å². The van der Waals surface area contributed by atoms with Gasteiger partial charge in [0.1, 0.15) is 22.8 Å². The number of aliphatic hydroxyl groups excluding tert-OH is 2. The molecule has 4 atom stereocenters. The molecule has 5 rings (SSSR count). The Morgan fingerprint density at radius 3 is 2.36 bits per heavy atom. The number of carbonyl (C=O) groups excluding carboxylic acids is 3. The molecule has 9 nitrogen and oxygen atoms in total. The largest absolute Gasteiger partial charge is 0.510 e. The summed E-state index contributed by atoms with van der Waals surface area (Å²) in [5, 5.41) is 44.6. The number of phenolic OH excluding ortho intramolecular Hbond substituents is 1. The van der Waals surface area contributed by atoms with Gasteiger partial charge < -0.3 is 26.2 Å². The number of nitrogens with two attached hydrogens (primary N) is 1. The van der Waals surface area contributed by atoms with Gasteiger partial charge in [0.2, 0.25) is 5.78 Å². The van der Waals surface area contributed by atoms with E-state index in [1.165, 1.54) is 11.0 Å². The lowest BCUT2D eigenvalue weighted by Gasteiger charge is -2.50. The highest BCUT2D eigenvalue weighted by Crippen LogP contribution is 2.52. The second kappa shape index (κ2) is 9.61. The van der Waals surface area contributed by atoms with E-state index in [0.717, 1.165) is 9.13 Å². The first kappa shape index (κ1) is 27.1. The summed E-state index contributed by atoms with van der Waals surface area (Å²) < 4.78 is 1.09. The fraction of sp³-hybridized carbons (Fsp3) is 0.276. The first-order valence-corrected chi connectivity index (χ1v) is 13.4. The van der Waals surface area contributed by atoms with Gasteiger partial charge in [-0.05, 0) is 90.3 Å². The standard InChI is InChI=1S/C29H27IN2O7/c1-32(2)23-18-12-15-11-17-14(6-3-13-4-8-16(30)9-5-13)7-10-19(33)21(17)24(34)20(15)26(36)29(18,39)27(37)22(25(23)35)28(31)38/h3-10,15,18,23,33,35-36,39H,11-12H2,1-2H3,(H2,31,38)/b6-3+/t15-,18-,23-,29-/m0/s1. The summed E-state index contributed by atoms with van der Waals surface area (Å²) in [6.07, 6.45) is 4.02. The van der Waals surface area contributed by atoms with Gasteiger partial charge in [0.15, 0.2) is 11.4 Å². The topological polar surface area (TPSA) is 161 Å². The summed E-state index contributed by atoms with van der Waals surface area (Å²) in [5.74, 6) is -6.65. The molecule has 0 aromatic heterocycles.